The summed E-state index contributed by atoms with van der Waals surface area (Å²) in [6, 6.07) is 6.96. The Bertz CT molecular complexity index is 982. The molecule has 0 bridgehead atoms. The topological polar surface area (TPSA) is 76.7 Å². The lowest BCUT2D eigenvalue weighted by Crippen LogP contribution is -2.43. The van der Waals surface area contributed by atoms with Crippen molar-refractivity contribution in [1.29, 1.82) is 0 Å². The molecule has 0 aliphatic carbocycles. The number of fused-ring (bicyclic) bond motifs is 1. The number of ether oxygens (including phenoxy) is 2. The normalized spacial score (nSPS) is 16.4. The molecule has 9 heteroatoms. The second kappa shape index (κ2) is 8.14. The van der Waals surface area contributed by atoms with E-state index in [4.69, 9.17) is 21.1 Å². The lowest BCUT2D eigenvalue weighted by Gasteiger charge is -2.30. The van der Waals surface area contributed by atoms with Gasteiger partial charge >= 0.3 is 0 Å². The van der Waals surface area contributed by atoms with Crippen molar-refractivity contribution in [2.24, 2.45) is 0 Å². The highest BCUT2D eigenvalue weighted by Gasteiger charge is 2.30. The molecule has 0 fully saturated rings. The van der Waals surface area contributed by atoms with E-state index in [2.05, 4.69) is 10.0 Å². The SMILES string of the molecule is COc1ccc(S(=O)(=O)Nc2ccc(F)c(Cl)c2)c2c1CC(NC(C)C)CO2. The minimum Gasteiger partial charge on any atom is -0.496 e. The van der Waals surface area contributed by atoms with Crippen LogP contribution in [-0.2, 0) is 16.4 Å². The maximum absolute atomic E-state index is 13.3. The first kappa shape index (κ1) is 20.7. The molecule has 0 aromatic heterocycles. The molecule has 28 heavy (non-hydrogen) atoms. The Labute approximate surface area is 169 Å². The number of anilines is 1. The zero-order valence-electron chi connectivity index (χ0n) is 15.8. The van der Waals surface area contributed by atoms with Crippen LogP contribution in [0, 0.1) is 5.82 Å². The Morgan fingerprint density at radius 1 is 1.29 bits per heavy atom. The largest absolute Gasteiger partial charge is 0.496 e. The third-order valence-electron chi connectivity index (χ3n) is 4.31. The average Bonchev–Trinajstić information content (AvgIpc) is 2.63. The molecule has 2 aromatic rings. The molecule has 0 amide bonds. The minimum absolute atomic E-state index is 0.00764. The lowest BCUT2D eigenvalue weighted by atomic mass is 10.0. The molecule has 1 aliphatic heterocycles. The standard InChI is InChI=1S/C19H22ClFN2O4S/c1-11(2)22-13-8-14-17(26-3)6-7-18(19(14)27-10-13)28(24,25)23-12-4-5-16(21)15(20)9-12/h4-7,9,11,13,22-23H,8,10H2,1-3H3. The minimum atomic E-state index is -3.98. The number of rotatable bonds is 6. The maximum Gasteiger partial charge on any atom is 0.265 e. The fraction of sp³-hybridized carbons (Fsp3) is 0.368. The number of methoxy groups -OCH3 is 1. The second-order valence-electron chi connectivity index (χ2n) is 6.84. The predicted molar refractivity (Wildman–Crippen MR) is 106 cm³/mol. The Balaban J connectivity index is 1.97. The lowest BCUT2D eigenvalue weighted by molar-refractivity contribution is 0.222. The van der Waals surface area contributed by atoms with Crippen molar-refractivity contribution in [3.05, 3.63) is 46.7 Å². The number of halogens is 2. The zero-order chi connectivity index (χ0) is 20.5. The van der Waals surface area contributed by atoms with Crippen LogP contribution < -0.4 is 19.5 Å². The van der Waals surface area contributed by atoms with Gasteiger partial charge in [0.15, 0.2) is 0 Å². The van der Waals surface area contributed by atoms with Gasteiger partial charge in [0.2, 0.25) is 0 Å². The van der Waals surface area contributed by atoms with Gasteiger partial charge in [-0.3, -0.25) is 4.72 Å². The van der Waals surface area contributed by atoms with E-state index < -0.39 is 15.8 Å². The Morgan fingerprint density at radius 3 is 2.68 bits per heavy atom. The van der Waals surface area contributed by atoms with Crippen molar-refractivity contribution in [3.63, 3.8) is 0 Å². The van der Waals surface area contributed by atoms with Crippen LogP contribution in [0.4, 0.5) is 10.1 Å². The van der Waals surface area contributed by atoms with Crippen LogP contribution in [0.15, 0.2) is 35.2 Å². The van der Waals surface area contributed by atoms with Gasteiger partial charge in [0.25, 0.3) is 10.0 Å². The zero-order valence-corrected chi connectivity index (χ0v) is 17.3. The maximum atomic E-state index is 13.3. The molecule has 1 unspecified atom stereocenters. The highest BCUT2D eigenvalue weighted by atomic mass is 35.5. The first-order valence-electron chi connectivity index (χ1n) is 8.78. The molecule has 1 atom stereocenters. The van der Waals surface area contributed by atoms with Crippen LogP contribution in [0.3, 0.4) is 0 Å². The number of nitrogens with one attached hydrogen (secondary N) is 2. The summed E-state index contributed by atoms with van der Waals surface area (Å²) in [6.07, 6.45) is 0.572. The van der Waals surface area contributed by atoms with E-state index in [0.29, 0.717) is 24.3 Å². The van der Waals surface area contributed by atoms with Crippen LogP contribution in [0.25, 0.3) is 0 Å². The Kier molecular flexibility index (Phi) is 6.02. The summed E-state index contributed by atoms with van der Waals surface area (Å²) in [5.41, 5.74) is 0.845. The van der Waals surface area contributed by atoms with Crippen LogP contribution >= 0.6 is 11.6 Å². The highest BCUT2D eigenvalue weighted by Crippen LogP contribution is 2.39. The van der Waals surface area contributed by atoms with E-state index in [0.717, 1.165) is 6.07 Å². The molecule has 0 spiro atoms. The van der Waals surface area contributed by atoms with E-state index in [1.807, 2.05) is 13.8 Å². The van der Waals surface area contributed by atoms with Crippen molar-refractivity contribution in [2.45, 2.75) is 37.2 Å². The van der Waals surface area contributed by atoms with Gasteiger partial charge < -0.3 is 14.8 Å². The quantitative estimate of drug-likeness (QED) is 0.735. The third kappa shape index (κ3) is 4.34. The van der Waals surface area contributed by atoms with Gasteiger partial charge in [0.05, 0.1) is 17.8 Å². The first-order valence-corrected chi connectivity index (χ1v) is 10.6. The van der Waals surface area contributed by atoms with Crippen molar-refractivity contribution < 1.29 is 22.3 Å². The number of hydrogen-bond acceptors (Lipinski definition) is 5. The predicted octanol–water partition coefficient (Wildman–Crippen LogP) is 3.59. The first-order chi connectivity index (χ1) is 13.2. The summed E-state index contributed by atoms with van der Waals surface area (Å²) < 4.78 is 52.9. The molecule has 2 aromatic carbocycles. The number of benzene rings is 2. The van der Waals surface area contributed by atoms with Crippen molar-refractivity contribution in [2.75, 3.05) is 18.4 Å². The van der Waals surface area contributed by atoms with E-state index in [1.165, 1.54) is 25.3 Å². The fourth-order valence-electron chi connectivity index (χ4n) is 3.18. The van der Waals surface area contributed by atoms with Gasteiger partial charge in [-0.25, -0.2) is 12.8 Å². The molecule has 1 heterocycles. The fourth-order valence-corrected chi connectivity index (χ4v) is 4.58. The molecule has 0 saturated carbocycles. The number of sulfonamides is 1. The molecular weight excluding hydrogens is 407 g/mol. The molecule has 6 nitrogen and oxygen atoms in total. The summed E-state index contributed by atoms with van der Waals surface area (Å²) >= 11 is 5.74. The summed E-state index contributed by atoms with van der Waals surface area (Å²) in [6.45, 7) is 4.40. The van der Waals surface area contributed by atoms with Crippen molar-refractivity contribution >= 4 is 27.3 Å². The van der Waals surface area contributed by atoms with Gasteiger partial charge in [-0.05, 0) is 36.8 Å². The monoisotopic (exact) mass is 428 g/mol. The summed E-state index contributed by atoms with van der Waals surface area (Å²) in [4.78, 5) is -0.00764. The third-order valence-corrected chi connectivity index (χ3v) is 6.01. The molecular formula is C19H22ClFN2O4S. The van der Waals surface area contributed by atoms with Gasteiger partial charge in [-0.15, -0.1) is 0 Å². The van der Waals surface area contributed by atoms with Gasteiger partial charge in [0.1, 0.15) is 28.8 Å². The smallest absolute Gasteiger partial charge is 0.265 e. The molecule has 3 rings (SSSR count). The van der Waals surface area contributed by atoms with E-state index in [-0.39, 0.29) is 33.4 Å². The van der Waals surface area contributed by atoms with Gasteiger partial charge in [0, 0.05) is 17.6 Å². The molecule has 152 valence electrons. The average molecular weight is 429 g/mol. The Hall–Kier alpha value is -2.03. The summed E-state index contributed by atoms with van der Waals surface area (Å²) in [7, 11) is -2.45. The Morgan fingerprint density at radius 2 is 2.04 bits per heavy atom. The van der Waals surface area contributed by atoms with Crippen LogP contribution in [0.5, 0.6) is 11.5 Å². The van der Waals surface area contributed by atoms with Gasteiger partial charge in [-0.1, -0.05) is 25.4 Å². The molecule has 0 saturated heterocycles. The van der Waals surface area contributed by atoms with Gasteiger partial charge in [-0.2, -0.15) is 0 Å². The van der Waals surface area contributed by atoms with Crippen molar-refractivity contribution in [3.8, 4) is 11.5 Å². The van der Waals surface area contributed by atoms with E-state index >= 15 is 0 Å². The number of hydrogen-bond donors (Lipinski definition) is 2. The van der Waals surface area contributed by atoms with Crippen LogP contribution in [-0.4, -0.2) is 34.2 Å². The van der Waals surface area contributed by atoms with E-state index in [1.54, 1.807) is 6.07 Å². The second-order valence-corrected chi connectivity index (χ2v) is 8.90. The van der Waals surface area contributed by atoms with Crippen LogP contribution in [0.2, 0.25) is 5.02 Å². The van der Waals surface area contributed by atoms with Crippen molar-refractivity contribution in [1.82, 2.24) is 5.32 Å². The van der Waals surface area contributed by atoms with E-state index in [9.17, 15) is 12.8 Å². The molecule has 2 N–H and O–H groups in total. The molecule has 1 aliphatic rings. The highest BCUT2D eigenvalue weighted by molar-refractivity contribution is 7.92. The molecule has 0 radical (unpaired) electrons. The summed E-state index contributed by atoms with van der Waals surface area (Å²) in [5.74, 6) is 0.203. The van der Waals surface area contributed by atoms with Crippen LogP contribution in [0.1, 0.15) is 19.4 Å². The summed E-state index contributed by atoms with van der Waals surface area (Å²) in [5, 5.41) is 3.22.